The highest BCUT2D eigenvalue weighted by atomic mass is 16.5. The van der Waals surface area contributed by atoms with Gasteiger partial charge >= 0.3 is 0 Å². The zero-order valence-electron chi connectivity index (χ0n) is 7.59. The lowest BCUT2D eigenvalue weighted by Crippen LogP contribution is -2.36. The quantitative estimate of drug-likeness (QED) is 0.647. The van der Waals surface area contributed by atoms with Crippen molar-refractivity contribution in [1.82, 2.24) is 0 Å². The molecule has 0 radical (unpaired) electrons. The number of rotatable bonds is 1. The molecule has 2 atom stereocenters. The molecule has 2 fully saturated rings. The molecular weight excluding hydrogens is 152 g/mol. The van der Waals surface area contributed by atoms with Crippen LogP contribution in [0.3, 0.4) is 0 Å². The molecule has 0 amide bonds. The molecule has 2 rings (SSSR count). The summed E-state index contributed by atoms with van der Waals surface area (Å²) in [7, 11) is 0. The summed E-state index contributed by atoms with van der Waals surface area (Å²) in [5, 5.41) is 9.23. The molecule has 0 bridgehead atoms. The summed E-state index contributed by atoms with van der Waals surface area (Å²) in [5.74, 6) is 0.526. The van der Waals surface area contributed by atoms with Gasteiger partial charge < -0.3 is 9.84 Å². The molecule has 1 heterocycles. The van der Waals surface area contributed by atoms with Gasteiger partial charge in [0.1, 0.15) is 0 Å². The van der Waals surface area contributed by atoms with Gasteiger partial charge in [-0.3, -0.25) is 0 Å². The van der Waals surface area contributed by atoms with Gasteiger partial charge in [-0.25, -0.2) is 0 Å². The number of aliphatic hydroxyl groups is 1. The van der Waals surface area contributed by atoms with Gasteiger partial charge in [-0.1, -0.05) is 6.42 Å². The Morgan fingerprint density at radius 2 is 2.17 bits per heavy atom. The smallest absolute Gasteiger partial charge is 0.0525 e. The second-order valence-corrected chi connectivity index (χ2v) is 4.29. The van der Waals surface area contributed by atoms with Crippen molar-refractivity contribution in [3.05, 3.63) is 0 Å². The van der Waals surface area contributed by atoms with Gasteiger partial charge in [0, 0.05) is 13.2 Å². The number of hydrogen-bond acceptors (Lipinski definition) is 2. The van der Waals surface area contributed by atoms with Crippen LogP contribution < -0.4 is 0 Å². The third-order valence-corrected chi connectivity index (χ3v) is 3.67. The molecular formula is C10H18O2. The first-order valence-electron chi connectivity index (χ1n) is 5.06. The monoisotopic (exact) mass is 170 g/mol. The maximum Gasteiger partial charge on any atom is 0.0525 e. The van der Waals surface area contributed by atoms with Crippen molar-refractivity contribution in [3.63, 3.8) is 0 Å². The van der Waals surface area contributed by atoms with Crippen LogP contribution in [0.1, 0.15) is 32.1 Å². The molecule has 1 aliphatic heterocycles. The average molecular weight is 170 g/mol. The van der Waals surface area contributed by atoms with E-state index in [1.165, 1.54) is 32.1 Å². The minimum Gasteiger partial charge on any atom is -0.396 e. The topological polar surface area (TPSA) is 29.5 Å². The van der Waals surface area contributed by atoms with Crippen molar-refractivity contribution in [2.75, 3.05) is 19.8 Å². The fourth-order valence-electron chi connectivity index (χ4n) is 2.89. The molecule has 2 aliphatic rings. The van der Waals surface area contributed by atoms with Crippen molar-refractivity contribution >= 4 is 0 Å². The van der Waals surface area contributed by atoms with Crippen molar-refractivity contribution in [2.45, 2.75) is 32.1 Å². The van der Waals surface area contributed by atoms with Crippen LogP contribution in [-0.4, -0.2) is 24.9 Å². The Bertz CT molecular complexity index is 150. The Hall–Kier alpha value is -0.0800. The van der Waals surface area contributed by atoms with E-state index in [0.717, 1.165) is 13.2 Å². The van der Waals surface area contributed by atoms with Crippen LogP contribution in [0.25, 0.3) is 0 Å². The maximum atomic E-state index is 9.23. The third kappa shape index (κ3) is 1.27. The van der Waals surface area contributed by atoms with Crippen LogP contribution >= 0.6 is 0 Å². The van der Waals surface area contributed by atoms with Gasteiger partial charge in [-0.15, -0.1) is 0 Å². The number of aliphatic hydroxyl groups excluding tert-OH is 1. The van der Waals surface area contributed by atoms with Crippen molar-refractivity contribution < 1.29 is 9.84 Å². The first-order chi connectivity index (χ1) is 5.87. The van der Waals surface area contributed by atoms with Crippen LogP contribution in [0.15, 0.2) is 0 Å². The van der Waals surface area contributed by atoms with E-state index in [1.807, 2.05) is 0 Å². The minimum atomic E-state index is 0.364. The summed E-state index contributed by atoms with van der Waals surface area (Å²) in [5.41, 5.74) is 0.368. The van der Waals surface area contributed by atoms with Gasteiger partial charge in [0.05, 0.1) is 6.61 Å². The first kappa shape index (κ1) is 8.52. The second-order valence-electron chi connectivity index (χ2n) is 4.29. The van der Waals surface area contributed by atoms with Crippen molar-refractivity contribution in [2.24, 2.45) is 11.3 Å². The highest BCUT2D eigenvalue weighted by Crippen LogP contribution is 2.48. The van der Waals surface area contributed by atoms with Gasteiger partial charge in [-0.2, -0.15) is 0 Å². The van der Waals surface area contributed by atoms with E-state index in [2.05, 4.69) is 0 Å². The predicted molar refractivity (Wildman–Crippen MR) is 46.9 cm³/mol. The maximum absolute atomic E-state index is 9.23. The van der Waals surface area contributed by atoms with E-state index in [0.29, 0.717) is 17.9 Å². The number of ether oxygens (including phenoxy) is 1. The summed E-state index contributed by atoms with van der Waals surface area (Å²) in [4.78, 5) is 0. The summed E-state index contributed by atoms with van der Waals surface area (Å²) < 4.78 is 5.53. The van der Waals surface area contributed by atoms with Crippen LogP contribution in [0.4, 0.5) is 0 Å². The van der Waals surface area contributed by atoms with Gasteiger partial charge in [0.25, 0.3) is 0 Å². The Kier molecular flexibility index (Phi) is 2.37. The average Bonchev–Trinajstić information content (AvgIpc) is 2.49. The molecule has 12 heavy (non-hydrogen) atoms. The van der Waals surface area contributed by atoms with E-state index in [9.17, 15) is 5.11 Å². The zero-order valence-corrected chi connectivity index (χ0v) is 7.59. The summed E-state index contributed by atoms with van der Waals surface area (Å²) in [6.07, 6.45) is 6.24. The third-order valence-electron chi connectivity index (χ3n) is 3.67. The molecule has 70 valence electrons. The van der Waals surface area contributed by atoms with Crippen molar-refractivity contribution in [3.8, 4) is 0 Å². The van der Waals surface area contributed by atoms with Crippen LogP contribution in [0.2, 0.25) is 0 Å². The normalized spacial score (nSPS) is 42.2. The summed E-state index contributed by atoms with van der Waals surface area (Å²) in [6, 6.07) is 0. The zero-order chi connectivity index (χ0) is 8.44. The van der Waals surface area contributed by atoms with E-state index in [4.69, 9.17) is 4.74 Å². The fourth-order valence-corrected chi connectivity index (χ4v) is 2.89. The van der Waals surface area contributed by atoms with E-state index < -0.39 is 0 Å². The standard InChI is InChI=1S/C10H18O2/c11-7-9-3-1-4-10(9)5-2-6-12-8-10/h9,11H,1-8H2. The summed E-state index contributed by atoms with van der Waals surface area (Å²) >= 11 is 0. The lowest BCUT2D eigenvalue weighted by molar-refractivity contribution is -0.0414. The van der Waals surface area contributed by atoms with Gasteiger partial charge in [0.2, 0.25) is 0 Å². The molecule has 0 aromatic carbocycles. The molecule has 0 aromatic heterocycles. The Balaban J connectivity index is 2.05. The lowest BCUT2D eigenvalue weighted by atomic mass is 9.74. The highest BCUT2D eigenvalue weighted by molar-refractivity contribution is 4.92. The minimum absolute atomic E-state index is 0.364. The summed E-state index contributed by atoms with van der Waals surface area (Å²) in [6.45, 7) is 2.20. The van der Waals surface area contributed by atoms with Gasteiger partial charge in [-0.05, 0) is 37.0 Å². The number of hydrogen-bond donors (Lipinski definition) is 1. The molecule has 1 saturated heterocycles. The van der Waals surface area contributed by atoms with Crippen molar-refractivity contribution in [1.29, 1.82) is 0 Å². The van der Waals surface area contributed by atoms with Gasteiger partial charge in [0.15, 0.2) is 0 Å². The Morgan fingerprint density at radius 1 is 1.33 bits per heavy atom. The fraction of sp³-hybridized carbons (Fsp3) is 1.00. The largest absolute Gasteiger partial charge is 0.396 e. The molecule has 2 heteroatoms. The molecule has 2 unspecified atom stereocenters. The van der Waals surface area contributed by atoms with E-state index in [1.54, 1.807) is 0 Å². The van der Waals surface area contributed by atoms with E-state index >= 15 is 0 Å². The molecule has 1 spiro atoms. The molecule has 1 saturated carbocycles. The van der Waals surface area contributed by atoms with Crippen LogP contribution in [0, 0.1) is 11.3 Å². The van der Waals surface area contributed by atoms with Crippen LogP contribution in [-0.2, 0) is 4.74 Å². The first-order valence-corrected chi connectivity index (χ1v) is 5.06. The molecule has 2 nitrogen and oxygen atoms in total. The van der Waals surface area contributed by atoms with E-state index in [-0.39, 0.29) is 0 Å². The highest BCUT2D eigenvalue weighted by Gasteiger charge is 2.43. The second kappa shape index (κ2) is 3.35. The SMILES string of the molecule is OCC1CCCC12CCCOC2. The lowest BCUT2D eigenvalue weighted by Gasteiger charge is -2.37. The molecule has 0 aromatic rings. The Labute approximate surface area is 73.9 Å². The molecule has 1 aliphatic carbocycles. The predicted octanol–water partition coefficient (Wildman–Crippen LogP) is 1.58. The molecule has 1 N–H and O–H groups in total. The van der Waals surface area contributed by atoms with Crippen LogP contribution in [0.5, 0.6) is 0 Å². The Morgan fingerprint density at radius 3 is 2.83 bits per heavy atom.